The van der Waals surface area contributed by atoms with Crippen molar-refractivity contribution in [2.45, 2.75) is 50.8 Å². The van der Waals surface area contributed by atoms with Crippen LogP contribution in [0.25, 0.3) is 0 Å². The smallest absolute Gasteiger partial charge is 0.256 e. The highest BCUT2D eigenvalue weighted by Crippen LogP contribution is 2.22. The maximum absolute atomic E-state index is 11.0. The molecule has 1 rings (SSSR count). The molecule has 1 aromatic heterocycles. The number of aryl methyl sites for hydroxylation is 2. The van der Waals surface area contributed by atoms with Crippen LogP contribution in [-0.2, 0) is 4.79 Å². The lowest BCUT2D eigenvalue weighted by atomic mass is 9.96. The molecule has 0 saturated heterocycles. The van der Waals surface area contributed by atoms with Crippen molar-refractivity contribution in [1.82, 2.24) is 4.98 Å². The fourth-order valence-electron chi connectivity index (χ4n) is 1.38. The van der Waals surface area contributed by atoms with Gasteiger partial charge in [0.05, 0.1) is 11.2 Å². The predicted octanol–water partition coefficient (Wildman–Crippen LogP) is 1.76. The molecule has 0 aliphatic heterocycles. The molecule has 0 saturated carbocycles. The van der Waals surface area contributed by atoms with Crippen LogP contribution < -0.4 is 11.5 Å². The molecular formula is C12H21N3O2S. The van der Waals surface area contributed by atoms with Crippen LogP contribution in [0.4, 0.5) is 0 Å². The Morgan fingerprint density at radius 2 is 2.11 bits per heavy atom. The van der Waals surface area contributed by atoms with E-state index in [1.165, 1.54) is 0 Å². The van der Waals surface area contributed by atoms with E-state index in [9.17, 15) is 4.79 Å². The Hall–Kier alpha value is -1.01. The first kappa shape index (κ1) is 15.0. The molecule has 0 fully saturated rings. The Morgan fingerprint density at radius 1 is 1.44 bits per heavy atom. The molecule has 0 bridgehead atoms. The SMILES string of the molecule is Cc1nc(SCCCCC(C)(N)C(N)=O)oc1C. The van der Waals surface area contributed by atoms with Crippen molar-refractivity contribution in [2.75, 3.05) is 5.75 Å². The van der Waals surface area contributed by atoms with Gasteiger partial charge in [-0.15, -0.1) is 0 Å². The van der Waals surface area contributed by atoms with Crippen molar-refractivity contribution >= 4 is 17.7 Å². The third-order valence-electron chi connectivity index (χ3n) is 2.89. The molecule has 0 radical (unpaired) electrons. The van der Waals surface area contributed by atoms with Gasteiger partial charge in [0.1, 0.15) is 5.76 Å². The summed E-state index contributed by atoms with van der Waals surface area (Å²) in [5, 5.41) is 0.704. The number of nitrogens with two attached hydrogens (primary N) is 2. The second kappa shape index (κ2) is 6.24. The molecule has 0 aromatic carbocycles. The summed E-state index contributed by atoms with van der Waals surface area (Å²) in [5.41, 5.74) is 11.0. The molecule has 0 aliphatic rings. The van der Waals surface area contributed by atoms with Crippen LogP contribution in [0, 0.1) is 13.8 Å². The zero-order valence-corrected chi connectivity index (χ0v) is 12.0. The van der Waals surface area contributed by atoms with E-state index in [0.29, 0.717) is 11.6 Å². The quantitative estimate of drug-likeness (QED) is 0.582. The molecule has 1 unspecified atom stereocenters. The predicted molar refractivity (Wildman–Crippen MR) is 72.3 cm³/mol. The highest BCUT2D eigenvalue weighted by molar-refractivity contribution is 7.99. The van der Waals surface area contributed by atoms with E-state index in [4.69, 9.17) is 15.9 Å². The van der Waals surface area contributed by atoms with Gasteiger partial charge in [-0.3, -0.25) is 4.79 Å². The Kier molecular flexibility index (Phi) is 5.22. The largest absolute Gasteiger partial charge is 0.437 e. The number of hydrogen-bond donors (Lipinski definition) is 2. The zero-order chi connectivity index (χ0) is 13.8. The van der Waals surface area contributed by atoms with Gasteiger partial charge < -0.3 is 15.9 Å². The van der Waals surface area contributed by atoms with Gasteiger partial charge in [0, 0.05) is 5.75 Å². The summed E-state index contributed by atoms with van der Waals surface area (Å²) < 4.78 is 5.45. The van der Waals surface area contributed by atoms with Gasteiger partial charge in [0.15, 0.2) is 0 Å². The molecule has 4 N–H and O–H groups in total. The minimum absolute atomic E-state index is 0.450. The summed E-state index contributed by atoms with van der Waals surface area (Å²) in [7, 11) is 0. The van der Waals surface area contributed by atoms with Crippen LogP contribution in [0.5, 0.6) is 0 Å². The third kappa shape index (κ3) is 4.34. The van der Waals surface area contributed by atoms with Gasteiger partial charge in [-0.25, -0.2) is 4.98 Å². The summed E-state index contributed by atoms with van der Waals surface area (Å²) in [6.45, 7) is 5.50. The monoisotopic (exact) mass is 271 g/mol. The minimum atomic E-state index is -0.902. The van der Waals surface area contributed by atoms with E-state index in [-0.39, 0.29) is 0 Å². The second-order valence-electron chi connectivity index (χ2n) is 4.71. The molecule has 1 aromatic rings. The highest BCUT2D eigenvalue weighted by Gasteiger charge is 2.24. The number of hydrogen-bond acceptors (Lipinski definition) is 5. The molecular weight excluding hydrogens is 250 g/mol. The van der Waals surface area contributed by atoms with Gasteiger partial charge >= 0.3 is 0 Å². The number of carbonyl (C=O) groups excluding carboxylic acids is 1. The molecule has 1 amide bonds. The van der Waals surface area contributed by atoms with Crippen molar-refractivity contribution in [3.63, 3.8) is 0 Å². The van der Waals surface area contributed by atoms with Crippen LogP contribution in [0.3, 0.4) is 0 Å². The lowest BCUT2D eigenvalue weighted by Gasteiger charge is -2.19. The van der Waals surface area contributed by atoms with E-state index in [1.807, 2.05) is 13.8 Å². The summed E-state index contributed by atoms with van der Waals surface area (Å²) >= 11 is 1.58. The maximum atomic E-state index is 11.0. The molecule has 1 atom stereocenters. The topological polar surface area (TPSA) is 95.1 Å². The molecule has 18 heavy (non-hydrogen) atoms. The highest BCUT2D eigenvalue weighted by atomic mass is 32.2. The Balaban J connectivity index is 2.22. The number of thioether (sulfide) groups is 1. The number of unbranched alkanes of at least 4 members (excludes halogenated alkanes) is 1. The molecule has 0 spiro atoms. The van der Waals surface area contributed by atoms with Crippen molar-refractivity contribution in [3.05, 3.63) is 11.5 Å². The fraction of sp³-hybridized carbons (Fsp3) is 0.667. The fourth-order valence-corrected chi connectivity index (χ4v) is 2.29. The van der Waals surface area contributed by atoms with Crippen molar-refractivity contribution in [2.24, 2.45) is 11.5 Å². The lowest BCUT2D eigenvalue weighted by Crippen LogP contribution is -2.49. The van der Waals surface area contributed by atoms with Crippen molar-refractivity contribution in [3.8, 4) is 0 Å². The number of aromatic nitrogens is 1. The summed E-state index contributed by atoms with van der Waals surface area (Å²) in [5.74, 6) is 1.31. The Bertz CT molecular complexity index is 396. The number of carbonyl (C=O) groups is 1. The van der Waals surface area contributed by atoms with E-state index in [0.717, 1.165) is 30.0 Å². The van der Waals surface area contributed by atoms with Gasteiger partial charge in [-0.2, -0.15) is 0 Å². The first-order chi connectivity index (χ1) is 8.33. The summed E-state index contributed by atoms with van der Waals surface area (Å²) in [6.07, 6.45) is 2.42. The third-order valence-corrected chi connectivity index (χ3v) is 3.80. The molecule has 1 heterocycles. The van der Waals surface area contributed by atoms with Gasteiger partial charge in [-0.1, -0.05) is 18.2 Å². The van der Waals surface area contributed by atoms with Crippen LogP contribution in [0.2, 0.25) is 0 Å². The van der Waals surface area contributed by atoms with Crippen molar-refractivity contribution < 1.29 is 9.21 Å². The second-order valence-corrected chi connectivity index (χ2v) is 5.75. The standard InChI is InChI=1S/C12H21N3O2S/c1-8-9(2)17-11(15-8)18-7-5-4-6-12(3,14)10(13)16/h4-7,14H2,1-3H3,(H2,13,16). The normalized spacial score (nSPS) is 14.4. The lowest BCUT2D eigenvalue weighted by molar-refractivity contribution is -0.122. The first-order valence-electron chi connectivity index (χ1n) is 5.98. The van der Waals surface area contributed by atoms with E-state index < -0.39 is 11.4 Å². The zero-order valence-electron chi connectivity index (χ0n) is 11.2. The Labute approximate surface area is 112 Å². The molecule has 102 valence electrons. The van der Waals surface area contributed by atoms with E-state index in [1.54, 1.807) is 18.7 Å². The number of primary amides is 1. The van der Waals surface area contributed by atoms with Gasteiger partial charge in [0.25, 0.3) is 5.22 Å². The maximum Gasteiger partial charge on any atom is 0.256 e. The van der Waals surface area contributed by atoms with E-state index in [2.05, 4.69) is 4.98 Å². The van der Waals surface area contributed by atoms with Crippen LogP contribution in [-0.4, -0.2) is 22.2 Å². The number of amides is 1. The van der Waals surface area contributed by atoms with Gasteiger partial charge in [0.2, 0.25) is 5.91 Å². The summed E-state index contributed by atoms with van der Waals surface area (Å²) in [4.78, 5) is 15.3. The molecule has 0 aliphatic carbocycles. The summed E-state index contributed by atoms with van der Waals surface area (Å²) in [6, 6.07) is 0. The first-order valence-corrected chi connectivity index (χ1v) is 6.97. The molecule has 6 heteroatoms. The van der Waals surface area contributed by atoms with E-state index >= 15 is 0 Å². The van der Waals surface area contributed by atoms with Crippen LogP contribution >= 0.6 is 11.8 Å². The van der Waals surface area contributed by atoms with Crippen molar-refractivity contribution in [1.29, 1.82) is 0 Å². The number of rotatable bonds is 7. The average Bonchev–Trinajstić information content (AvgIpc) is 2.57. The average molecular weight is 271 g/mol. The van der Waals surface area contributed by atoms with Crippen LogP contribution in [0.15, 0.2) is 9.64 Å². The van der Waals surface area contributed by atoms with Crippen LogP contribution in [0.1, 0.15) is 37.6 Å². The minimum Gasteiger partial charge on any atom is -0.437 e. The number of oxazole rings is 1. The van der Waals surface area contributed by atoms with Gasteiger partial charge in [-0.05, 0) is 33.6 Å². The number of nitrogens with zero attached hydrogens (tertiary/aromatic N) is 1. The molecule has 5 nitrogen and oxygen atoms in total. The Morgan fingerprint density at radius 3 is 2.61 bits per heavy atom.